The molecular weight excluding hydrogens is 485 g/mol. The van der Waals surface area contributed by atoms with Gasteiger partial charge in [0.15, 0.2) is 4.32 Å². The molecule has 1 heterocycles. The van der Waals surface area contributed by atoms with Gasteiger partial charge in [0, 0.05) is 21.2 Å². The van der Waals surface area contributed by atoms with Crippen molar-refractivity contribution >= 4 is 69.2 Å². The van der Waals surface area contributed by atoms with E-state index in [9.17, 15) is 4.79 Å². The number of nitrogens with zero attached hydrogens (tertiary/aromatic N) is 1. The molecule has 8 heteroatoms. The summed E-state index contributed by atoms with van der Waals surface area (Å²) in [4.78, 5) is 15.2. The summed E-state index contributed by atoms with van der Waals surface area (Å²) in [5.74, 6) is 0.995. The highest BCUT2D eigenvalue weighted by Gasteiger charge is 2.35. The van der Waals surface area contributed by atoms with Crippen LogP contribution in [0.3, 0.4) is 0 Å². The molecular formula is C24H17Cl2NO3S2. The predicted molar refractivity (Wildman–Crippen MR) is 136 cm³/mol. The van der Waals surface area contributed by atoms with Crippen molar-refractivity contribution in [2.75, 3.05) is 12.0 Å². The molecule has 1 saturated heterocycles. The highest BCUT2D eigenvalue weighted by atomic mass is 35.5. The Morgan fingerprint density at radius 3 is 2.50 bits per heavy atom. The van der Waals surface area contributed by atoms with Crippen LogP contribution in [0.15, 0.2) is 71.6 Å². The standard InChI is InChI=1S/C24H17Cl2NO3S2/c1-29-21-9-5-3-7-19(21)27-23(28)22(32-24(27)31)12-15-6-2-4-8-20(15)30-14-16-10-11-17(25)13-18(16)26/h2-13H,14H2,1H3/b22-12+. The Morgan fingerprint density at radius 1 is 1.03 bits per heavy atom. The number of ether oxygens (including phenoxy) is 2. The van der Waals surface area contributed by atoms with Gasteiger partial charge in [-0.2, -0.15) is 0 Å². The smallest absolute Gasteiger partial charge is 0.270 e. The molecule has 1 fully saturated rings. The summed E-state index contributed by atoms with van der Waals surface area (Å²) in [6.07, 6.45) is 1.79. The Balaban J connectivity index is 1.59. The fourth-order valence-electron chi connectivity index (χ4n) is 3.16. The zero-order valence-corrected chi connectivity index (χ0v) is 20.0. The van der Waals surface area contributed by atoms with Gasteiger partial charge in [0.05, 0.1) is 17.7 Å². The molecule has 0 atom stereocenters. The fourth-order valence-corrected chi connectivity index (χ4v) is 4.90. The van der Waals surface area contributed by atoms with E-state index in [0.29, 0.717) is 36.5 Å². The van der Waals surface area contributed by atoms with Gasteiger partial charge in [0.2, 0.25) is 0 Å². The Labute approximate surface area is 205 Å². The second kappa shape index (κ2) is 9.96. The van der Waals surface area contributed by atoms with Crippen LogP contribution in [0.5, 0.6) is 11.5 Å². The van der Waals surface area contributed by atoms with Crippen LogP contribution >= 0.6 is 47.2 Å². The van der Waals surface area contributed by atoms with Crippen molar-refractivity contribution in [1.82, 2.24) is 0 Å². The molecule has 1 aliphatic heterocycles. The lowest BCUT2D eigenvalue weighted by Gasteiger charge is -2.17. The molecule has 3 aromatic carbocycles. The summed E-state index contributed by atoms with van der Waals surface area (Å²) in [7, 11) is 1.56. The number of thioether (sulfide) groups is 1. The third-order valence-electron chi connectivity index (χ3n) is 4.72. The third-order valence-corrected chi connectivity index (χ3v) is 6.61. The summed E-state index contributed by atoms with van der Waals surface area (Å²) < 4.78 is 11.8. The van der Waals surface area contributed by atoms with E-state index in [2.05, 4.69) is 0 Å². The van der Waals surface area contributed by atoms with E-state index in [4.69, 9.17) is 44.9 Å². The Bertz CT molecular complexity index is 1230. The van der Waals surface area contributed by atoms with Crippen molar-refractivity contribution in [3.8, 4) is 11.5 Å². The zero-order valence-electron chi connectivity index (χ0n) is 16.9. The van der Waals surface area contributed by atoms with Crippen molar-refractivity contribution < 1.29 is 14.3 Å². The van der Waals surface area contributed by atoms with Crippen molar-refractivity contribution in [3.05, 3.63) is 92.8 Å². The predicted octanol–water partition coefficient (Wildman–Crippen LogP) is 6.99. The van der Waals surface area contributed by atoms with E-state index in [1.807, 2.05) is 42.5 Å². The maximum atomic E-state index is 13.2. The SMILES string of the molecule is COc1ccccc1N1C(=O)/C(=C\c2ccccc2OCc2ccc(Cl)cc2Cl)SC1=S. The molecule has 3 aromatic rings. The van der Waals surface area contributed by atoms with Crippen LogP contribution < -0.4 is 14.4 Å². The van der Waals surface area contributed by atoms with Gasteiger partial charge in [-0.25, -0.2) is 0 Å². The van der Waals surface area contributed by atoms with Crippen LogP contribution in [0.2, 0.25) is 10.0 Å². The highest BCUT2D eigenvalue weighted by Crippen LogP contribution is 2.40. The number of benzene rings is 3. The average molecular weight is 502 g/mol. The molecule has 0 radical (unpaired) electrons. The number of rotatable bonds is 6. The Hall–Kier alpha value is -2.51. The number of amides is 1. The van der Waals surface area contributed by atoms with Crippen LogP contribution in [-0.2, 0) is 11.4 Å². The summed E-state index contributed by atoms with van der Waals surface area (Å²) in [5, 5.41) is 1.10. The number of hydrogen-bond donors (Lipinski definition) is 0. The van der Waals surface area contributed by atoms with Crippen molar-refractivity contribution in [1.29, 1.82) is 0 Å². The van der Waals surface area contributed by atoms with E-state index in [-0.39, 0.29) is 12.5 Å². The Kier molecular flexibility index (Phi) is 7.06. The van der Waals surface area contributed by atoms with Crippen LogP contribution in [0.1, 0.15) is 11.1 Å². The van der Waals surface area contributed by atoms with Crippen molar-refractivity contribution in [2.24, 2.45) is 0 Å². The van der Waals surface area contributed by atoms with E-state index >= 15 is 0 Å². The van der Waals surface area contributed by atoms with Crippen molar-refractivity contribution in [2.45, 2.75) is 6.61 Å². The lowest BCUT2D eigenvalue weighted by atomic mass is 10.1. The van der Waals surface area contributed by atoms with Crippen LogP contribution in [0.25, 0.3) is 6.08 Å². The molecule has 1 aliphatic rings. The second-order valence-electron chi connectivity index (χ2n) is 6.75. The van der Waals surface area contributed by atoms with Gasteiger partial charge in [-0.15, -0.1) is 0 Å². The lowest BCUT2D eigenvalue weighted by molar-refractivity contribution is -0.113. The molecule has 0 spiro atoms. The van der Waals surface area contributed by atoms with Crippen LogP contribution in [0.4, 0.5) is 5.69 Å². The largest absolute Gasteiger partial charge is 0.495 e. The van der Waals surface area contributed by atoms with Gasteiger partial charge in [0.25, 0.3) is 5.91 Å². The maximum Gasteiger partial charge on any atom is 0.270 e. The summed E-state index contributed by atoms with van der Waals surface area (Å²) in [5.41, 5.74) is 2.19. The number of carbonyl (C=O) groups excluding carboxylic acids is 1. The van der Waals surface area contributed by atoms with Gasteiger partial charge < -0.3 is 9.47 Å². The van der Waals surface area contributed by atoms with Crippen LogP contribution in [0, 0.1) is 0 Å². The lowest BCUT2D eigenvalue weighted by Crippen LogP contribution is -2.27. The highest BCUT2D eigenvalue weighted by molar-refractivity contribution is 8.27. The molecule has 4 nitrogen and oxygen atoms in total. The number of thiocarbonyl (C=S) groups is 1. The fraction of sp³-hybridized carbons (Fsp3) is 0.0833. The average Bonchev–Trinajstić information content (AvgIpc) is 3.06. The topological polar surface area (TPSA) is 38.8 Å². The molecule has 4 rings (SSSR count). The van der Waals surface area contributed by atoms with E-state index < -0.39 is 0 Å². The summed E-state index contributed by atoms with van der Waals surface area (Å²) in [6, 6.07) is 20.0. The first-order chi connectivity index (χ1) is 15.5. The number of para-hydroxylation sites is 3. The molecule has 0 aliphatic carbocycles. The van der Waals surface area contributed by atoms with E-state index in [0.717, 1.165) is 11.1 Å². The first kappa shape index (κ1) is 22.7. The van der Waals surface area contributed by atoms with E-state index in [1.54, 1.807) is 37.5 Å². The van der Waals surface area contributed by atoms with Crippen molar-refractivity contribution in [3.63, 3.8) is 0 Å². The van der Waals surface area contributed by atoms with Gasteiger partial charge >= 0.3 is 0 Å². The molecule has 0 saturated carbocycles. The molecule has 0 unspecified atom stereocenters. The quantitative estimate of drug-likeness (QED) is 0.269. The third kappa shape index (κ3) is 4.79. The normalized spacial score (nSPS) is 14.8. The Morgan fingerprint density at radius 2 is 1.75 bits per heavy atom. The molecule has 1 amide bonds. The number of anilines is 1. The maximum absolute atomic E-state index is 13.2. The summed E-state index contributed by atoms with van der Waals surface area (Å²) >= 11 is 18.9. The molecule has 32 heavy (non-hydrogen) atoms. The van der Waals surface area contributed by atoms with Gasteiger partial charge in [-0.05, 0) is 36.4 Å². The number of hydrogen-bond acceptors (Lipinski definition) is 5. The number of methoxy groups -OCH3 is 1. The minimum absolute atomic E-state index is 0.208. The second-order valence-corrected chi connectivity index (χ2v) is 9.27. The van der Waals surface area contributed by atoms with Gasteiger partial charge in [-0.3, -0.25) is 9.69 Å². The molecule has 162 valence electrons. The molecule has 0 aromatic heterocycles. The monoisotopic (exact) mass is 501 g/mol. The first-order valence-electron chi connectivity index (χ1n) is 9.54. The minimum Gasteiger partial charge on any atom is -0.495 e. The summed E-state index contributed by atoms with van der Waals surface area (Å²) in [6.45, 7) is 0.267. The molecule has 0 N–H and O–H groups in total. The van der Waals surface area contributed by atoms with Gasteiger partial charge in [-0.1, -0.05) is 83.6 Å². The number of halogens is 2. The zero-order chi connectivity index (χ0) is 22.7. The van der Waals surface area contributed by atoms with Crippen LogP contribution in [-0.4, -0.2) is 17.3 Å². The van der Waals surface area contributed by atoms with Gasteiger partial charge in [0.1, 0.15) is 18.1 Å². The number of carbonyl (C=O) groups is 1. The first-order valence-corrected chi connectivity index (χ1v) is 11.5. The molecule has 0 bridgehead atoms. The minimum atomic E-state index is -0.208. The van der Waals surface area contributed by atoms with E-state index in [1.165, 1.54) is 16.7 Å².